The van der Waals surface area contributed by atoms with Gasteiger partial charge in [-0.15, -0.1) is 0 Å². The van der Waals surface area contributed by atoms with Gasteiger partial charge in [0.1, 0.15) is 5.69 Å². The summed E-state index contributed by atoms with van der Waals surface area (Å²) in [5, 5.41) is 0.931. The van der Waals surface area contributed by atoms with Gasteiger partial charge in [0.2, 0.25) is 0 Å². The molecule has 0 aliphatic carbocycles. The lowest BCUT2D eigenvalue weighted by atomic mass is 10.1. The quantitative estimate of drug-likeness (QED) is 0.734. The number of nitrogens with one attached hydrogen (secondary N) is 1. The van der Waals surface area contributed by atoms with E-state index in [2.05, 4.69) is 4.98 Å². The fourth-order valence-corrected chi connectivity index (χ4v) is 3.56. The Morgan fingerprint density at radius 3 is 2.69 bits per heavy atom. The van der Waals surface area contributed by atoms with Crippen molar-refractivity contribution >= 4 is 28.5 Å². The van der Waals surface area contributed by atoms with Crippen LogP contribution in [0.25, 0.3) is 10.9 Å². The smallest absolute Gasteiger partial charge is 0.355 e. The summed E-state index contributed by atoms with van der Waals surface area (Å²) in [6.45, 7) is 3.63. The lowest BCUT2D eigenvalue weighted by Crippen LogP contribution is -2.43. The molecule has 1 aromatic heterocycles. The fraction of sp³-hybridized carbons (Fsp3) is 0.238. The van der Waals surface area contributed by atoms with Crippen LogP contribution in [0, 0.1) is 0 Å². The molecule has 5 heteroatoms. The number of rotatable bonds is 3. The van der Waals surface area contributed by atoms with E-state index in [-0.39, 0.29) is 11.9 Å². The van der Waals surface area contributed by atoms with Crippen LogP contribution < -0.4 is 4.90 Å². The fourth-order valence-electron chi connectivity index (χ4n) is 3.56. The first kappa shape index (κ1) is 16.4. The summed E-state index contributed by atoms with van der Waals surface area (Å²) >= 11 is 0. The third-order valence-corrected chi connectivity index (χ3v) is 4.83. The predicted octanol–water partition coefficient (Wildman–Crippen LogP) is 3.69. The second kappa shape index (κ2) is 6.33. The van der Waals surface area contributed by atoms with Crippen molar-refractivity contribution in [1.82, 2.24) is 4.98 Å². The second-order valence-electron chi connectivity index (χ2n) is 6.71. The lowest BCUT2D eigenvalue weighted by molar-refractivity contribution is -0.126. The van der Waals surface area contributed by atoms with Crippen molar-refractivity contribution in [2.24, 2.45) is 0 Å². The highest BCUT2D eigenvalue weighted by Gasteiger charge is 2.34. The number of para-hydroxylation sites is 2. The molecule has 0 saturated carbocycles. The first-order chi connectivity index (χ1) is 12.5. The first-order valence-corrected chi connectivity index (χ1v) is 8.74. The highest BCUT2D eigenvalue weighted by molar-refractivity contribution is 6.01. The number of aromatic nitrogens is 1. The maximum absolute atomic E-state index is 12.9. The summed E-state index contributed by atoms with van der Waals surface area (Å²) in [7, 11) is 0. The Balaban J connectivity index is 1.51. The van der Waals surface area contributed by atoms with Gasteiger partial charge in [-0.3, -0.25) is 4.79 Å². The summed E-state index contributed by atoms with van der Waals surface area (Å²) in [5.41, 5.74) is 3.25. The minimum absolute atomic E-state index is 0.0501. The number of amides is 1. The van der Waals surface area contributed by atoms with Gasteiger partial charge in [0, 0.05) is 22.6 Å². The zero-order chi connectivity index (χ0) is 18.3. The highest BCUT2D eigenvalue weighted by Crippen LogP contribution is 2.32. The molecule has 0 fully saturated rings. The van der Waals surface area contributed by atoms with Crippen LogP contribution in [0.2, 0.25) is 0 Å². The Kier molecular flexibility index (Phi) is 3.99. The van der Waals surface area contributed by atoms with E-state index < -0.39 is 12.1 Å². The number of anilines is 1. The van der Waals surface area contributed by atoms with E-state index in [1.807, 2.05) is 55.5 Å². The molecule has 1 amide bonds. The number of hydrogen-bond acceptors (Lipinski definition) is 3. The van der Waals surface area contributed by atoms with Crippen LogP contribution >= 0.6 is 0 Å². The number of aromatic amines is 1. The summed E-state index contributed by atoms with van der Waals surface area (Å²) < 4.78 is 5.44. The number of nitrogens with zero attached hydrogens (tertiary/aromatic N) is 1. The number of fused-ring (bicyclic) bond motifs is 2. The summed E-state index contributed by atoms with van der Waals surface area (Å²) in [6.07, 6.45) is -0.0487. The monoisotopic (exact) mass is 348 g/mol. The summed E-state index contributed by atoms with van der Waals surface area (Å²) in [6, 6.07) is 17.2. The molecule has 0 spiro atoms. The van der Waals surface area contributed by atoms with Crippen molar-refractivity contribution in [3.8, 4) is 0 Å². The number of carbonyl (C=O) groups excluding carboxylic acids is 2. The van der Waals surface area contributed by atoms with Crippen LogP contribution in [0.3, 0.4) is 0 Å². The molecule has 0 radical (unpaired) electrons. The van der Waals surface area contributed by atoms with E-state index in [1.165, 1.54) is 0 Å². The van der Waals surface area contributed by atoms with Gasteiger partial charge in [-0.2, -0.15) is 0 Å². The number of carbonyl (C=O) groups is 2. The van der Waals surface area contributed by atoms with Gasteiger partial charge in [0.15, 0.2) is 6.10 Å². The Morgan fingerprint density at radius 2 is 1.88 bits per heavy atom. The molecule has 26 heavy (non-hydrogen) atoms. The topological polar surface area (TPSA) is 62.4 Å². The zero-order valence-electron chi connectivity index (χ0n) is 14.7. The Hall–Kier alpha value is -3.08. The average Bonchev–Trinajstić information content (AvgIpc) is 3.21. The molecule has 1 aliphatic rings. The van der Waals surface area contributed by atoms with Crippen molar-refractivity contribution in [3.05, 3.63) is 65.9 Å². The van der Waals surface area contributed by atoms with Gasteiger partial charge >= 0.3 is 5.97 Å². The largest absolute Gasteiger partial charge is 0.448 e. The van der Waals surface area contributed by atoms with Crippen molar-refractivity contribution < 1.29 is 14.3 Å². The lowest BCUT2D eigenvalue weighted by Gasteiger charge is -2.25. The van der Waals surface area contributed by atoms with Gasteiger partial charge in [-0.25, -0.2) is 4.79 Å². The molecule has 4 rings (SSSR count). The van der Waals surface area contributed by atoms with Crippen LogP contribution in [0.5, 0.6) is 0 Å². The molecule has 1 N–H and O–H groups in total. The van der Waals surface area contributed by atoms with Crippen molar-refractivity contribution in [2.75, 3.05) is 4.90 Å². The van der Waals surface area contributed by atoms with Crippen molar-refractivity contribution in [1.29, 1.82) is 0 Å². The maximum Gasteiger partial charge on any atom is 0.355 e. The Labute approximate surface area is 151 Å². The van der Waals surface area contributed by atoms with Crippen molar-refractivity contribution in [3.63, 3.8) is 0 Å². The number of hydrogen-bond donors (Lipinski definition) is 1. The molecule has 3 aromatic rings. The van der Waals surface area contributed by atoms with Crippen LogP contribution in [0.4, 0.5) is 5.69 Å². The Bertz CT molecular complexity index is 959. The molecular formula is C21H20N2O3. The molecule has 2 heterocycles. The van der Waals surface area contributed by atoms with E-state index in [1.54, 1.807) is 17.9 Å². The number of benzene rings is 2. The van der Waals surface area contributed by atoms with E-state index in [9.17, 15) is 9.59 Å². The molecule has 0 unspecified atom stereocenters. The van der Waals surface area contributed by atoms with Gasteiger partial charge in [0.25, 0.3) is 5.91 Å². The number of ether oxygens (including phenoxy) is 1. The third-order valence-electron chi connectivity index (χ3n) is 4.83. The third kappa shape index (κ3) is 2.75. The van der Waals surface area contributed by atoms with Crippen LogP contribution in [0.1, 0.15) is 29.9 Å². The zero-order valence-corrected chi connectivity index (χ0v) is 14.7. The maximum atomic E-state index is 12.9. The first-order valence-electron chi connectivity index (χ1n) is 8.74. The Morgan fingerprint density at radius 1 is 1.15 bits per heavy atom. The molecule has 132 valence electrons. The molecule has 5 nitrogen and oxygen atoms in total. The number of H-pyrrole nitrogens is 1. The molecule has 0 saturated heterocycles. The van der Waals surface area contributed by atoms with Crippen LogP contribution in [-0.2, 0) is 16.0 Å². The van der Waals surface area contributed by atoms with E-state index in [0.717, 1.165) is 28.6 Å². The molecule has 2 aromatic carbocycles. The van der Waals surface area contributed by atoms with Gasteiger partial charge < -0.3 is 14.6 Å². The van der Waals surface area contributed by atoms with E-state index >= 15 is 0 Å². The van der Waals surface area contributed by atoms with E-state index in [4.69, 9.17) is 4.74 Å². The molecule has 0 bridgehead atoms. The molecule has 1 aliphatic heterocycles. The highest BCUT2D eigenvalue weighted by atomic mass is 16.5. The second-order valence-corrected chi connectivity index (χ2v) is 6.71. The number of esters is 1. The normalized spacial score (nSPS) is 17.2. The SMILES string of the molecule is C[C@@H](OC(=O)c1cc2ccccc2[nH]1)C(=O)N1c2ccccc2C[C@@H]1C. The predicted molar refractivity (Wildman–Crippen MR) is 100 cm³/mol. The van der Waals surface area contributed by atoms with E-state index in [0.29, 0.717) is 5.69 Å². The van der Waals surface area contributed by atoms with Crippen LogP contribution in [0.15, 0.2) is 54.6 Å². The van der Waals surface area contributed by atoms with Gasteiger partial charge in [-0.1, -0.05) is 36.4 Å². The van der Waals surface area contributed by atoms with Gasteiger partial charge in [0.05, 0.1) is 0 Å². The molecular weight excluding hydrogens is 328 g/mol. The molecule has 2 atom stereocenters. The summed E-state index contributed by atoms with van der Waals surface area (Å²) in [5.74, 6) is -0.728. The minimum atomic E-state index is -0.859. The minimum Gasteiger partial charge on any atom is -0.448 e. The average molecular weight is 348 g/mol. The van der Waals surface area contributed by atoms with Gasteiger partial charge in [-0.05, 0) is 44.0 Å². The van der Waals surface area contributed by atoms with Crippen LogP contribution in [-0.4, -0.2) is 29.0 Å². The van der Waals surface area contributed by atoms with Crippen molar-refractivity contribution in [2.45, 2.75) is 32.4 Å². The standard InChI is InChI=1S/C21H20N2O3/c1-13-11-16-8-4-6-10-19(16)23(13)20(24)14(2)26-21(25)18-12-15-7-3-5-9-17(15)22-18/h3-10,12-14,22H,11H2,1-2H3/t13-,14+/m0/s1. The summed E-state index contributed by atoms with van der Waals surface area (Å²) in [4.78, 5) is 30.1.